The number of amides is 1. The van der Waals surface area contributed by atoms with E-state index in [4.69, 9.17) is 4.74 Å². The number of cyclic esters (lactones) is 1. The van der Waals surface area contributed by atoms with Crippen LogP contribution >= 0.6 is 23.5 Å². The molecule has 6 rings (SSSR count). The highest BCUT2D eigenvalue weighted by Crippen LogP contribution is 2.49. The van der Waals surface area contributed by atoms with Gasteiger partial charge < -0.3 is 19.6 Å². The van der Waals surface area contributed by atoms with Gasteiger partial charge in [0, 0.05) is 18.0 Å². The zero-order chi connectivity index (χ0) is 23.9. The molecule has 6 nitrogen and oxygen atoms in total. The Morgan fingerprint density at radius 3 is 2.69 bits per heavy atom. The van der Waals surface area contributed by atoms with E-state index >= 15 is 4.39 Å². The molecule has 3 aromatic carbocycles. The van der Waals surface area contributed by atoms with E-state index in [-0.39, 0.29) is 23.0 Å². The van der Waals surface area contributed by atoms with Gasteiger partial charge in [-0.25, -0.2) is 9.18 Å². The molecule has 0 saturated carbocycles. The third-order valence-corrected chi connectivity index (χ3v) is 9.02. The number of fused-ring (bicyclic) bond motifs is 2. The van der Waals surface area contributed by atoms with Gasteiger partial charge in [0.25, 0.3) is 0 Å². The summed E-state index contributed by atoms with van der Waals surface area (Å²) in [5.74, 6) is -0.394. The standard InChI is InChI=1S/C26H24FN3O3S2/c27-20-13-19(9-10-21(20)28-12-11-17-5-1-2-6-18(17)14-28)29-15-24(33-25(29)32)30-22-7-3-4-8-23(22)35-26(30)34-16-31/h1-10,13,24,26,31H,11-12,14-16H2/t24?,26-/m1/s1. The quantitative estimate of drug-likeness (QED) is 0.472. The molecule has 1 N–H and O–H groups in total. The lowest BCUT2D eigenvalue weighted by atomic mass is 9.99. The molecule has 2 atom stereocenters. The normalized spacial score (nSPS) is 21.2. The van der Waals surface area contributed by atoms with Crippen molar-refractivity contribution in [1.29, 1.82) is 0 Å². The summed E-state index contributed by atoms with van der Waals surface area (Å²) in [7, 11) is 0. The molecule has 3 heterocycles. The van der Waals surface area contributed by atoms with Crippen LogP contribution in [0.25, 0.3) is 0 Å². The van der Waals surface area contributed by atoms with Crippen molar-refractivity contribution < 1.29 is 19.0 Å². The van der Waals surface area contributed by atoms with E-state index in [2.05, 4.69) is 12.1 Å². The second-order valence-corrected chi connectivity index (χ2v) is 11.1. The predicted molar refractivity (Wildman–Crippen MR) is 138 cm³/mol. The Kier molecular flexibility index (Phi) is 5.99. The van der Waals surface area contributed by atoms with Crippen molar-refractivity contribution in [2.75, 3.05) is 33.7 Å². The highest BCUT2D eigenvalue weighted by molar-refractivity contribution is 8.17. The largest absolute Gasteiger partial charge is 0.423 e. The summed E-state index contributed by atoms with van der Waals surface area (Å²) in [5, 5.41) is 9.53. The van der Waals surface area contributed by atoms with Crippen molar-refractivity contribution in [3.8, 4) is 0 Å². The molecule has 1 fully saturated rings. The fraction of sp³-hybridized carbons (Fsp3) is 0.269. The maximum absolute atomic E-state index is 15.3. The molecule has 0 aromatic heterocycles. The smallest absolute Gasteiger partial charge is 0.416 e. The Bertz CT molecular complexity index is 1280. The fourth-order valence-electron chi connectivity index (χ4n) is 4.94. The Labute approximate surface area is 211 Å². The lowest BCUT2D eigenvalue weighted by Gasteiger charge is -2.31. The number of aliphatic hydroxyl groups is 1. The summed E-state index contributed by atoms with van der Waals surface area (Å²) in [5.41, 5.74) is 4.51. The number of rotatable bonds is 5. The van der Waals surface area contributed by atoms with Gasteiger partial charge in [-0.3, -0.25) is 4.90 Å². The van der Waals surface area contributed by atoms with Gasteiger partial charge in [0.1, 0.15) is 10.5 Å². The average molecular weight is 510 g/mol. The van der Waals surface area contributed by atoms with Crippen molar-refractivity contribution in [2.45, 2.75) is 28.8 Å². The maximum atomic E-state index is 15.3. The van der Waals surface area contributed by atoms with Crippen LogP contribution in [0.5, 0.6) is 0 Å². The van der Waals surface area contributed by atoms with Crippen LogP contribution in [0, 0.1) is 5.82 Å². The van der Waals surface area contributed by atoms with E-state index in [1.165, 1.54) is 33.9 Å². The highest BCUT2D eigenvalue weighted by Gasteiger charge is 2.43. The molecule has 0 bridgehead atoms. The van der Waals surface area contributed by atoms with Crippen LogP contribution < -0.4 is 14.7 Å². The molecule has 1 saturated heterocycles. The van der Waals surface area contributed by atoms with E-state index in [0.29, 0.717) is 17.9 Å². The summed E-state index contributed by atoms with van der Waals surface area (Å²) in [6.07, 6.45) is -0.167. The number of nitrogens with zero attached hydrogens (tertiary/aromatic N) is 3. The Morgan fingerprint density at radius 1 is 1.06 bits per heavy atom. The number of hydrogen-bond acceptors (Lipinski definition) is 7. The molecular formula is C26H24FN3O3S2. The van der Waals surface area contributed by atoms with E-state index in [9.17, 15) is 9.90 Å². The van der Waals surface area contributed by atoms with Crippen LogP contribution in [0.4, 0.5) is 26.2 Å². The minimum Gasteiger partial charge on any atom is -0.423 e. The van der Waals surface area contributed by atoms with Crippen LogP contribution in [0.1, 0.15) is 11.1 Å². The third-order valence-electron chi connectivity index (χ3n) is 6.64. The lowest BCUT2D eigenvalue weighted by Crippen LogP contribution is -2.41. The van der Waals surface area contributed by atoms with Crippen LogP contribution in [-0.2, 0) is 17.7 Å². The van der Waals surface area contributed by atoms with Crippen LogP contribution in [0.3, 0.4) is 0 Å². The van der Waals surface area contributed by atoms with Crippen LogP contribution in [0.15, 0.2) is 71.6 Å². The number of carbonyl (C=O) groups is 1. The van der Waals surface area contributed by atoms with Crippen molar-refractivity contribution in [1.82, 2.24) is 0 Å². The highest BCUT2D eigenvalue weighted by atomic mass is 32.2. The lowest BCUT2D eigenvalue weighted by molar-refractivity contribution is 0.140. The van der Waals surface area contributed by atoms with Gasteiger partial charge >= 0.3 is 6.09 Å². The van der Waals surface area contributed by atoms with Crippen LogP contribution in [-0.4, -0.2) is 41.2 Å². The maximum Gasteiger partial charge on any atom is 0.416 e. The van der Waals surface area contributed by atoms with Crippen molar-refractivity contribution >= 4 is 46.7 Å². The Morgan fingerprint density at radius 2 is 1.86 bits per heavy atom. The van der Waals surface area contributed by atoms with E-state index < -0.39 is 12.3 Å². The third kappa shape index (κ3) is 4.11. The number of anilines is 3. The summed E-state index contributed by atoms with van der Waals surface area (Å²) in [4.78, 5) is 19.5. The van der Waals surface area contributed by atoms with E-state index in [1.54, 1.807) is 23.9 Å². The summed E-state index contributed by atoms with van der Waals surface area (Å²) >= 11 is 3.00. The summed E-state index contributed by atoms with van der Waals surface area (Å²) < 4.78 is 20.9. The van der Waals surface area contributed by atoms with Gasteiger partial charge in [-0.2, -0.15) is 0 Å². The summed E-state index contributed by atoms with van der Waals surface area (Å²) in [6.45, 7) is 1.68. The first-order valence-corrected chi connectivity index (χ1v) is 13.4. The molecule has 3 aliphatic heterocycles. The predicted octanol–water partition coefficient (Wildman–Crippen LogP) is 5.25. The van der Waals surface area contributed by atoms with Crippen molar-refractivity contribution in [3.63, 3.8) is 0 Å². The second-order valence-electron chi connectivity index (χ2n) is 8.62. The number of carbonyl (C=O) groups excluding carboxylic acids is 1. The number of thioether (sulfide) groups is 2. The molecule has 35 heavy (non-hydrogen) atoms. The molecule has 1 unspecified atom stereocenters. The number of aliphatic hydroxyl groups excluding tert-OH is 1. The van der Waals surface area contributed by atoms with Crippen molar-refractivity contribution in [2.24, 2.45) is 0 Å². The zero-order valence-electron chi connectivity index (χ0n) is 18.8. The molecule has 3 aromatic rings. The monoisotopic (exact) mass is 509 g/mol. The van der Waals surface area contributed by atoms with E-state index in [1.807, 2.05) is 46.2 Å². The SMILES string of the molecule is O=C1OC(N2c3ccccc3S[C@H]2SCO)CN1c1ccc(N2CCc3ccccc3C2)c(F)c1. The first kappa shape index (κ1) is 22.6. The van der Waals surface area contributed by atoms with Gasteiger partial charge in [-0.15, -0.1) is 0 Å². The molecule has 1 amide bonds. The molecular weight excluding hydrogens is 485 g/mol. The number of hydrogen-bond donors (Lipinski definition) is 1. The fourth-order valence-corrected chi connectivity index (χ4v) is 7.28. The second kappa shape index (κ2) is 9.29. The molecule has 180 valence electrons. The first-order chi connectivity index (χ1) is 17.1. The molecule has 0 aliphatic carbocycles. The van der Waals surface area contributed by atoms with Gasteiger partial charge in [-0.05, 0) is 47.9 Å². The minimum atomic E-state index is -0.538. The topological polar surface area (TPSA) is 56.2 Å². The number of para-hydroxylation sites is 1. The molecule has 0 spiro atoms. The number of halogens is 1. The van der Waals surface area contributed by atoms with Gasteiger partial charge in [0.2, 0.25) is 0 Å². The number of ether oxygens (including phenoxy) is 1. The molecule has 0 radical (unpaired) electrons. The minimum absolute atomic E-state index is 0.0415. The average Bonchev–Trinajstić information content (AvgIpc) is 3.43. The van der Waals surface area contributed by atoms with Crippen LogP contribution in [0.2, 0.25) is 0 Å². The first-order valence-electron chi connectivity index (χ1n) is 11.5. The molecule has 3 aliphatic rings. The van der Waals surface area contributed by atoms with Gasteiger partial charge in [0.15, 0.2) is 6.23 Å². The summed E-state index contributed by atoms with van der Waals surface area (Å²) in [6, 6.07) is 21.1. The van der Waals surface area contributed by atoms with Gasteiger partial charge in [-0.1, -0.05) is 59.9 Å². The Hall–Kier alpha value is -2.88. The van der Waals surface area contributed by atoms with E-state index in [0.717, 1.165) is 23.5 Å². The zero-order valence-corrected chi connectivity index (χ0v) is 20.5. The number of benzene rings is 3. The molecule has 9 heteroatoms. The Balaban J connectivity index is 1.22. The van der Waals surface area contributed by atoms with Crippen molar-refractivity contribution in [3.05, 3.63) is 83.7 Å². The van der Waals surface area contributed by atoms with Gasteiger partial charge in [0.05, 0.1) is 29.5 Å².